The van der Waals surface area contributed by atoms with E-state index in [1.54, 1.807) is 11.9 Å². The number of carbonyl (C=O) groups is 1. The third-order valence-electron chi connectivity index (χ3n) is 6.68. The molecule has 32 heavy (non-hydrogen) atoms. The van der Waals surface area contributed by atoms with Crippen molar-refractivity contribution in [1.29, 1.82) is 0 Å². The number of nitrogens with zero attached hydrogens (tertiary/aromatic N) is 3. The zero-order chi connectivity index (χ0) is 22.2. The van der Waals surface area contributed by atoms with Gasteiger partial charge >= 0.3 is 5.72 Å². The summed E-state index contributed by atoms with van der Waals surface area (Å²) in [5.74, 6) is 0.608. The monoisotopic (exact) mass is 487 g/mol. The Kier molecular flexibility index (Phi) is 4.09. The molecule has 0 bridgehead atoms. The fraction of sp³-hybridized carbons (Fsp3) is 0.231. The zero-order valence-electron chi connectivity index (χ0n) is 18.1. The van der Waals surface area contributed by atoms with Gasteiger partial charge in [-0.15, -0.1) is 0 Å². The largest absolute Gasteiger partial charge is 0.453 e. The lowest BCUT2D eigenvalue weighted by Crippen LogP contribution is -2.56. The maximum Gasteiger partial charge on any atom is 0.306 e. The van der Waals surface area contributed by atoms with Crippen molar-refractivity contribution in [2.45, 2.75) is 32.0 Å². The number of ether oxygens (including phenoxy) is 1. The maximum atomic E-state index is 13.8. The van der Waals surface area contributed by atoms with Crippen LogP contribution in [-0.4, -0.2) is 23.7 Å². The van der Waals surface area contributed by atoms with Gasteiger partial charge in [0.25, 0.3) is 5.91 Å². The lowest BCUT2D eigenvalue weighted by molar-refractivity contribution is -0.163. The SMILES string of the molecule is Cc1ccc(C2=NN3C(C2)c2cc(Br)ccc2OC32C(=O)N(C)c3ccc(C)cc32)cc1. The Morgan fingerprint density at radius 1 is 1.03 bits per heavy atom. The Morgan fingerprint density at radius 2 is 1.78 bits per heavy atom. The highest BCUT2D eigenvalue weighted by Gasteiger charge is 2.62. The fourth-order valence-electron chi connectivity index (χ4n) is 5.03. The van der Waals surface area contributed by atoms with Gasteiger partial charge in [0.15, 0.2) is 0 Å². The summed E-state index contributed by atoms with van der Waals surface area (Å²) in [6.45, 7) is 4.11. The van der Waals surface area contributed by atoms with E-state index in [1.165, 1.54) is 5.56 Å². The lowest BCUT2D eigenvalue weighted by Gasteiger charge is -2.44. The van der Waals surface area contributed by atoms with Crippen LogP contribution in [0.25, 0.3) is 0 Å². The number of halogens is 1. The van der Waals surface area contributed by atoms with Crippen molar-refractivity contribution in [2.24, 2.45) is 5.10 Å². The number of amides is 1. The smallest absolute Gasteiger partial charge is 0.306 e. The van der Waals surface area contributed by atoms with Gasteiger partial charge in [-0.25, -0.2) is 5.01 Å². The average molecular weight is 488 g/mol. The Labute approximate surface area is 195 Å². The predicted octanol–water partition coefficient (Wildman–Crippen LogP) is 5.44. The molecular formula is C26H22BrN3O2. The number of hydrogen-bond donors (Lipinski definition) is 0. The molecular weight excluding hydrogens is 466 g/mol. The van der Waals surface area contributed by atoms with E-state index >= 15 is 0 Å². The van der Waals surface area contributed by atoms with E-state index < -0.39 is 5.72 Å². The normalized spacial score (nSPS) is 23.1. The van der Waals surface area contributed by atoms with Crippen molar-refractivity contribution in [3.8, 4) is 5.75 Å². The highest BCUT2D eigenvalue weighted by Crippen LogP contribution is 2.55. The summed E-state index contributed by atoms with van der Waals surface area (Å²) < 4.78 is 7.60. The van der Waals surface area contributed by atoms with Crippen molar-refractivity contribution in [3.63, 3.8) is 0 Å². The molecule has 2 atom stereocenters. The number of hydrazone groups is 1. The van der Waals surface area contributed by atoms with E-state index in [0.29, 0.717) is 6.42 Å². The van der Waals surface area contributed by atoms with Crippen LogP contribution >= 0.6 is 15.9 Å². The summed E-state index contributed by atoms with van der Waals surface area (Å²) in [6, 6.07) is 20.3. The molecule has 0 aliphatic carbocycles. The van der Waals surface area contributed by atoms with Crippen molar-refractivity contribution in [1.82, 2.24) is 5.01 Å². The number of benzene rings is 3. The molecule has 6 heteroatoms. The number of rotatable bonds is 1. The molecule has 5 nitrogen and oxygen atoms in total. The first kappa shape index (κ1) is 19.6. The summed E-state index contributed by atoms with van der Waals surface area (Å²) >= 11 is 3.60. The molecule has 3 heterocycles. The molecule has 160 valence electrons. The van der Waals surface area contributed by atoms with Crippen LogP contribution in [0.1, 0.15) is 40.3 Å². The maximum absolute atomic E-state index is 13.8. The van der Waals surface area contributed by atoms with Crippen LogP contribution < -0.4 is 9.64 Å². The minimum absolute atomic E-state index is 0.101. The molecule has 3 aromatic rings. The zero-order valence-corrected chi connectivity index (χ0v) is 19.7. The van der Waals surface area contributed by atoms with Gasteiger partial charge in [0.2, 0.25) is 0 Å². The van der Waals surface area contributed by atoms with E-state index in [1.807, 2.05) is 36.2 Å². The van der Waals surface area contributed by atoms with Crippen LogP contribution in [0.15, 0.2) is 70.2 Å². The quantitative estimate of drug-likeness (QED) is 0.459. The topological polar surface area (TPSA) is 45.1 Å². The molecule has 3 aliphatic rings. The summed E-state index contributed by atoms with van der Waals surface area (Å²) in [6.07, 6.45) is 0.704. The molecule has 0 aromatic heterocycles. The molecule has 0 saturated heterocycles. The summed E-state index contributed by atoms with van der Waals surface area (Å²) in [7, 11) is 1.81. The highest BCUT2D eigenvalue weighted by molar-refractivity contribution is 9.10. The third kappa shape index (κ3) is 2.56. The number of likely N-dealkylation sites (N-methyl/N-ethyl adjacent to an activating group) is 1. The van der Waals surface area contributed by atoms with Crippen LogP contribution in [0, 0.1) is 13.8 Å². The van der Waals surface area contributed by atoms with Crippen LogP contribution in [-0.2, 0) is 10.5 Å². The Balaban J connectivity index is 1.59. The number of fused-ring (bicyclic) bond motifs is 6. The van der Waals surface area contributed by atoms with E-state index in [0.717, 1.165) is 43.9 Å². The van der Waals surface area contributed by atoms with E-state index in [4.69, 9.17) is 9.84 Å². The van der Waals surface area contributed by atoms with Crippen LogP contribution in [0.4, 0.5) is 5.69 Å². The molecule has 6 rings (SSSR count). The molecule has 0 radical (unpaired) electrons. The molecule has 0 N–H and O–H groups in total. The van der Waals surface area contributed by atoms with Crippen LogP contribution in [0.5, 0.6) is 5.75 Å². The van der Waals surface area contributed by atoms with Crippen molar-refractivity contribution >= 4 is 33.2 Å². The van der Waals surface area contributed by atoms with Gasteiger partial charge in [0.05, 0.1) is 23.0 Å². The van der Waals surface area contributed by atoms with Gasteiger partial charge in [0, 0.05) is 23.5 Å². The first-order valence-corrected chi connectivity index (χ1v) is 11.5. The van der Waals surface area contributed by atoms with E-state index in [2.05, 4.69) is 59.3 Å². The van der Waals surface area contributed by atoms with Crippen molar-refractivity contribution < 1.29 is 9.53 Å². The highest BCUT2D eigenvalue weighted by atomic mass is 79.9. The molecule has 1 amide bonds. The predicted molar refractivity (Wildman–Crippen MR) is 128 cm³/mol. The summed E-state index contributed by atoms with van der Waals surface area (Å²) in [5, 5.41) is 6.95. The first-order valence-electron chi connectivity index (χ1n) is 10.7. The second kappa shape index (κ2) is 6.69. The number of aryl methyl sites for hydroxylation is 2. The number of anilines is 1. The summed E-state index contributed by atoms with van der Waals surface area (Å²) in [5.41, 5.74) is 5.74. The Hall–Kier alpha value is -3.12. The fourth-order valence-corrected chi connectivity index (χ4v) is 5.41. The molecule has 3 aliphatic heterocycles. The standard InChI is InChI=1S/C26H22BrN3O2/c1-15-4-7-17(8-5-15)21-14-23-19-13-18(27)9-11-24(19)32-26(30(23)28-21)20-12-16(2)6-10-22(20)29(3)25(26)31/h4-13,23H,14H2,1-3H3. The van der Waals surface area contributed by atoms with Gasteiger partial charge in [-0.1, -0.05) is 57.4 Å². The molecule has 3 aromatic carbocycles. The number of carbonyl (C=O) groups excluding carboxylic acids is 1. The lowest BCUT2D eigenvalue weighted by atomic mass is 9.92. The van der Waals surface area contributed by atoms with Crippen LogP contribution in [0.2, 0.25) is 0 Å². The molecule has 1 spiro atoms. The van der Waals surface area contributed by atoms with Crippen molar-refractivity contribution in [2.75, 3.05) is 11.9 Å². The molecule has 0 fully saturated rings. The van der Waals surface area contributed by atoms with Gasteiger partial charge in [-0.3, -0.25) is 4.79 Å². The summed E-state index contributed by atoms with van der Waals surface area (Å²) in [4.78, 5) is 15.5. The van der Waals surface area contributed by atoms with Gasteiger partial charge < -0.3 is 9.64 Å². The van der Waals surface area contributed by atoms with Crippen molar-refractivity contribution in [3.05, 3.63) is 93.0 Å². The minimum Gasteiger partial charge on any atom is -0.453 e. The Morgan fingerprint density at radius 3 is 2.56 bits per heavy atom. The number of hydrogen-bond acceptors (Lipinski definition) is 4. The van der Waals surface area contributed by atoms with Gasteiger partial charge in [0.1, 0.15) is 5.75 Å². The van der Waals surface area contributed by atoms with Crippen LogP contribution in [0.3, 0.4) is 0 Å². The molecule has 2 unspecified atom stereocenters. The average Bonchev–Trinajstić information content (AvgIpc) is 3.31. The molecule has 0 saturated carbocycles. The Bertz CT molecular complexity index is 1320. The second-order valence-electron chi connectivity index (χ2n) is 8.79. The third-order valence-corrected chi connectivity index (χ3v) is 7.17. The minimum atomic E-state index is -1.31. The van der Waals surface area contributed by atoms with E-state index in [9.17, 15) is 4.79 Å². The first-order chi connectivity index (χ1) is 15.4. The van der Waals surface area contributed by atoms with E-state index in [-0.39, 0.29) is 11.9 Å². The van der Waals surface area contributed by atoms with Gasteiger partial charge in [-0.05, 0) is 49.7 Å². The van der Waals surface area contributed by atoms with Gasteiger partial charge in [-0.2, -0.15) is 5.10 Å². The second-order valence-corrected chi connectivity index (χ2v) is 9.71.